The zero-order chi connectivity index (χ0) is 13.0. The van der Waals surface area contributed by atoms with Crippen LogP contribution in [0, 0.1) is 12.7 Å². The van der Waals surface area contributed by atoms with Gasteiger partial charge in [-0.2, -0.15) is 0 Å². The largest absolute Gasteiger partial charge is 0.386 e. The van der Waals surface area contributed by atoms with E-state index in [0.29, 0.717) is 5.56 Å². The van der Waals surface area contributed by atoms with Gasteiger partial charge in [0.1, 0.15) is 5.82 Å². The second-order valence-electron chi connectivity index (χ2n) is 4.23. The summed E-state index contributed by atoms with van der Waals surface area (Å²) in [5.41, 5.74) is 2.37. The van der Waals surface area contributed by atoms with Gasteiger partial charge in [0.25, 0.3) is 0 Å². The van der Waals surface area contributed by atoms with Gasteiger partial charge in [-0.25, -0.2) is 4.39 Å². The second-order valence-corrected chi connectivity index (χ2v) is 4.23. The third-order valence-corrected chi connectivity index (χ3v) is 2.90. The average molecular weight is 245 g/mol. The molecule has 0 bridgehead atoms. The molecule has 2 nitrogen and oxygen atoms in total. The molecule has 2 aromatic rings. The van der Waals surface area contributed by atoms with Crippen LogP contribution in [0.25, 0.3) is 0 Å². The van der Waals surface area contributed by atoms with Crippen molar-refractivity contribution in [2.24, 2.45) is 0 Å². The molecule has 0 aliphatic heterocycles. The molecule has 0 amide bonds. The van der Waals surface area contributed by atoms with Crippen molar-refractivity contribution in [3.8, 4) is 0 Å². The molecule has 1 atom stereocenters. The second kappa shape index (κ2) is 5.65. The Bertz CT molecular complexity index is 527. The summed E-state index contributed by atoms with van der Waals surface area (Å²) in [6, 6.07) is 14.1. The van der Waals surface area contributed by atoms with Crippen molar-refractivity contribution >= 4 is 5.69 Å². The van der Waals surface area contributed by atoms with Crippen LogP contribution in [0.15, 0.2) is 48.5 Å². The van der Waals surface area contributed by atoms with Crippen LogP contribution in [0.1, 0.15) is 17.2 Å². The quantitative estimate of drug-likeness (QED) is 0.866. The number of para-hydroxylation sites is 1. The van der Waals surface area contributed by atoms with E-state index >= 15 is 0 Å². The minimum Gasteiger partial charge on any atom is -0.386 e. The van der Waals surface area contributed by atoms with Crippen LogP contribution in [0.3, 0.4) is 0 Å². The molecule has 2 rings (SSSR count). The average Bonchev–Trinajstić information content (AvgIpc) is 2.38. The summed E-state index contributed by atoms with van der Waals surface area (Å²) in [7, 11) is 0. The fourth-order valence-corrected chi connectivity index (χ4v) is 1.83. The maximum atomic E-state index is 13.5. The lowest BCUT2D eigenvalue weighted by molar-refractivity contribution is 0.186. The highest BCUT2D eigenvalue weighted by Gasteiger charge is 2.11. The van der Waals surface area contributed by atoms with Crippen molar-refractivity contribution in [3.63, 3.8) is 0 Å². The summed E-state index contributed by atoms with van der Waals surface area (Å²) in [4.78, 5) is 0. The monoisotopic (exact) mass is 245 g/mol. The molecule has 94 valence electrons. The van der Waals surface area contributed by atoms with Crippen LogP contribution in [0.4, 0.5) is 10.1 Å². The number of nitrogens with one attached hydrogen (secondary N) is 1. The van der Waals surface area contributed by atoms with E-state index in [0.717, 1.165) is 11.3 Å². The van der Waals surface area contributed by atoms with E-state index in [-0.39, 0.29) is 12.4 Å². The third-order valence-electron chi connectivity index (χ3n) is 2.90. The number of aliphatic hydroxyl groups excluding tert-OH is 1. The van der Waals surface area contributed by atoms with E-state index in [1.807, 2.05) is 31.2 Å². The zero-order valence-corrected chi connectivity index (χ0v) is 10.2. The number of hydrogen-bond acceptors (Lipinski definition) is 2. The Hall–Kier alpha value is -1.87. The fourth-order valence-electron chi connectivity index (χ4n) is 1.83. The lowest BCUT2D eigenvalue weighted by Crippen LogP contribution is -2.13. The molecule has 0 heterocycles. The van der Waals surface area contributed by atoms with Crippen LogP contribution in [-0.4, -0.2) is 11.7 Å². The first-order valence-electron chi connectivity index (χ1n) is 5.90. The molecule has 0 aliphatic rings. The Morgan fingerprint density at radius 1 is 1.11 bits per heavy atom. The summed E-state index contributed by atoms with van der Waals surface area (Å²) in [5, 5.41) is 13.1. The van der Waals surface area contributed by atoms with Crippen molar-refractivity contribution in [1.82, 2.24) is 0 Å². The number of halogens is 1. The van der Waals surface area contributed by atoms with Gasteiger partial charge in [-0.1, -0.05) is 36.4 Å². The van der Waals surface area contributed by atoms with Gasteiger partial charge in [0.2, 0.25) is 0 Å². The minimum absolute atomic E-state index is 0.284. The molecule has 0 aromatic heterocycles. The summed E-state index contributed by atoms with van der Waals surface area (Å²) in [6.07, 6.45) is -0.856. The van der Waals surface area contributed by atoms with Gasteiger partial charge < -0.3 is 10.4 Å². The molecule has 0 saturated heterocycles. The van der Waals surface area contributed by atoms with E-state index in [2.05, 4.69) is 5.32 Å². The number of hydrogen-bond donors (Lipinski definition) is 2. The highest BCUT2D eigenvalue weighted by molar-refractivity contribution is 5.50. The van der Waals surface area contributed by atoms with Gasteiger partial charge in [0.05, 0.1) is 6.10 Å². The Balaban J connectivity index is 2.03. The highest BCUT2D eigenvalue weighted by atomic mass is 19.1. The fraction of sp³-hybridized carbons (Fsp3) is 0.200. The Kier molecular flexibility index (Phi) is 3.95. The van der Waals surface area contributed by atoms with Crippen LogP contribution >= 0.6 is 0 Å². The lowest BCUT2D eigenvalue weighted by Gasteiger charge is -2.15. The third kappa shape index (κ3) is 2.87. The van der Waals surface area contributed by atoms with E-state index in [9.17, 15) is 9.50 Å². The van der Waals surface area contributed by atoms with Crippen molar-refractivity contribution in [2.75, 3.05) is 11.9 Å². The van der Waals surface area contributed by atoms with E-state index in [4.69, 9.17) is 0 Å². The topological polar surface area (TPSA) is 32.3 Å². The van der Waals surface area contributed by atoms with Crippen LogP contribution in [-0.2, 0) is 0 Å². The standard InChI is InChI=1S/C15H16FNO/c1-11-6-2-5-9-14(11)17-10-15(18)12-7-3-4-8-13(12)16/h2-9,15,17-18H,10H2,1H3. The smallest absolute Gasteiger partial charge is 0.129 e. The molecule has 3 heteroatoms. The number of benzene rings is 2. The van der Waals surface area contributed by atoms with Crippen molar-refractivity contribution < 1.29 is 9.50 Å². The van der Waals surface area contributed by atoms with Gasteiger partial charge in [-0.3, -0.25) is 0 Å². The molecule has 0 saturated carbocycles. The maximum absolute atomic E-state index is 13.5. The molecule has 1 unspecified atom stereocenters. The van der Waals surface area contributed by atoms with E-state index < -0.39 is 6.10 Å². The zero-order valence-electron chi connectivity index (χ0n) is 10.2. The normalized spacial score (nSPS) is 12.2. The molecule has 0 spiro atoms. The van der Waals surface area contributed by atoms with Crippen LogP contribution in [0.2, 0.25) is 0 Å². The summed E-state index contributed by atoms with van der Waals surface area (Å²) >= 11 is 0. The first kappa shape index (κ1) is 12.6. The molecular formula is C15H16FNO. The Morgan fingerprint density at radius 2 is 1.78 bits per heavy atom. The minimum atomic E-state index is -0.856. The summed E-state index contributed by atoms with van der Waals surface area (Å²) < 4.78 is 13.5. The first-order chi connectivity index (χ1) is 8.68. The predicted octanol–water partition coefficient (Wildman–Crippen LogP) is 3.28. The summed E-state index contributed by atoms with van der Waals surface area (Å²) in [5.74, 6) is -0.378. The van der Waals surface area contributed by atoms with E-state index in [1.54, 1.807) is 18.2 Å². The van der Waals surface area contributed by atoms with Gasteiger partial charge in [0.15, 0.2) is 0 Å². The number of anilines is 1. The van der Waals surface area contributed by atoms with Crippen molar-refractivity contribution in [1.29, 1.82) is 0 Å². The van der Waals surface area contributed by atoms with Crippen LogP contribution < -0.4 is 5.32 Å². The molecule has 0 fully saturated rings. The molecule has 18 heavy (non-hydrogen) atoms. The molecule has 2 aromatic carbocycles. The molecular weight excluding hydrogens is 229 g/mol. The number of aliphatic hydroxyl groups is 1. The number of rotatable bonds is 4. The first-order valence-corrected chi connectivity index (χ1v) is 5.90. The number of aryl methyl sites for hydroxylation is 1. The molecule has 2 N–H and O–H groups in total. The van der Waals surface area contributed by atoms with Gasteiger partial charge in [0, 0.05) is 17.8 Å². The highest BCUT2D eigenvalue weighted by Crippen LogP contribution is 2.19. The SMILES string of the molecule is Cc1ccccc1NCC(O)c1ccccc1F. The van der Waals surface area contributed by atoms with Crippen LogP contribution in [0.5, 0.6) is 0 Å². The molecule has 0 aliphatic carbocycles. The lowest BCUT2D eigenvalue weighted by atomic mass is 10.1. The van der Waals surface area contributed by atoms with Crippen molar-refractivity contribution in [2.45, 2.75) is 13.0 Å². The molecule has 0 radical (unpaired) electrons. The van der Waals surface area contributed by atoms with Gasteiger partial charge >= 0.3 is 0 Å². The van der Waals surface area contributed by atoms with Gasteiger partial charge in [-0.05, 0) is 24.6 Å². The van der Waals surface area contributed by atoms with Crippen molar-refractivity contribution in [3.05, 3.63) is 65.5 Å². The Labute approximate surface area is 106 Å². The maximum Gasteiger partial charge on any atom is 0.129 e. The van der Waals surface area contributed by atoms with Gasteiger partial charge in [-0.15, -0.1) is 0 Å². The van der Waals surface area contributed by atoms with E-state index in [1.165, 1.54) is 6.07 Å². The summed E-state index contributed by atoms with van der Waals surface area (Å²) in [6.45, 7) is 2.27. The Morgan fingerprint density at radius 3 is 2.50 bits per heavy atom. The predicted molar refractivity (Wildman–Crippen MR) is 71.0 cm³/mol.